The van der Waals surface area contributed by atoms with Crippen LogP contribution in [0.1, 0.15) is 54.2 Å². The molecule has 0 atom stereocenters. The predicted octanol–water partition coefficient (Wildman–Crippen LogP) is 6.24. The van der Waals surface area contributed by atoms with Gasteiger partial charge in [0.15, 0.2) is 11.5 Å². The quantitative estimate of drug-likeness (QED) is 0.0733. The second-order valence-electron chi connectivity index (χ2n) is 11.0. The largest absolute Gasteiger partial charge is 0.379 e. The van der Waals surface area contributed by atoms with Crippen LogP contribution in [0.5, 0.6) is 0 Å². The van der Waals surface area contributed by atoms with Crippen LogP contribution < -0.4 is 5.56 Å². The van der Waals surface area contributed by atoms with Crippen molar-refractivity contribution >= 4 is 17.3 Å². The summed E-state index contributed by atoms with van der Waals surface area (Å²) < 4.78 is 19.9. The third-order valence-corrected chi connectivity index (χ3v) is 7.40. The minimum Gasteiger partial charge on any atom is -0.379 e. The van der Waals surface area contributed by atoms with E-state index in [9.17, 15) is 14.4 Å². The SMILES string of the molecule is [C-]#[N+]c1ccc(-n2nccc2-c2cc(C(=O)CCCOCCOCCOCCCC(C)=O)c(=O)n(-c3cccc(C)c3)c2C)cc1. The highest BCUT2D eigenvalue weighted by molar-refractivity contribution is 5.97. The number of ether oxygens (including phenoxy) is 3. The number of benzene rings is 2. The molecule has 0 bridgehead atoms. The number of rotatable bonds is 18. The van der Waals surface area contributed by atoms with Gasteiger partial charge < -0.3 is 19.0 Å². The van der Waals surface area contributed by atoms with Crippen LogP contribution >= 0.6 is 0 Å². The first-order valence-corrected chi connectivity index (χ1v) is 15.4. The van der Waals surface area contributed by atoms with Gasteiger partial charge in [-0.2, -0.15) is 5.10 Å². The van der Waals surface area contributed by atoms with Crippen molar-refractivity contribution < 1.29 is 23.8 Å². The zero-order chi connectivity index (χ0) is 32.9. The number of aryl methyl sites for hydroxylation is 1. The molecule has 0 aliphatic heterocycles. The maximum Gasteiger partial charge on any atom is 0.266 e. The van der Waals surface area contributed by atoms with Gasteiger partial charge in [-0.3, -0.25) is 14.2 Å². The molecule has 46 heavy (non-hydrogen) atoms. The summed E-state index contributed by atoms with van der Waals surface area (Å²) in [5.41, 5.74) is 4.77. The fraction of sp³-hybridized carbons (Fsp3) is 0.361. The molecule has 10 nitrogen and oxygen atoms in total. The van der Waals surface area contributed by atoms with Crippen LogP contribution in [-0.4, -0.2) is 65.6 Å². The van der Waals surface area contributed by atoms with E-state index >= 15 is 0 Å². The van der Waals surface area contributed by atoms with Gasteiger partial charge in [-0.05, 0) is 75.6 Å². The summed E-state index contributed by atoms with van der Waals surface area (Å²) in [6, 6.07) is 18.2. The van der Waals surface area contributed by atoms with Crippen LogP contribution in [-0.2, 0) is 19.0 Å². The van der Waals surface area contributed by atoms with Gasteiger partial charge in [-0.15, -0.1) is 0 Å². The van der Waals surface area contributed by atoms with Crippen molar-refractivity contribution in [3.8, 4) is 22.6 Å². The van der Waals surface area contributed by atoms with E-state index in [4.69, 9.17) is 20.8 Å². The normalized spacial score (nSPS) is 11.0. The van der Waals surface area contributed by atoms with Gasteiger partial charge in [-0.25, -0.2) is 9.53 Å². The number of nitrogens with zero attached hydrogens (tertiary/aromatic N) is 4. The molecule has 0 unspecified atom stereocenters. The molecule has 0 N–H and O–H groups in total. The minimum absolute atomic E-state index is 0.102. The summed E-state index contributed by atoms with van der Waals surface area (Å²) in [5, 5.41) is 4.51. The third kappa shape index (κ3) is 9.17. The second kappa shape index (κ2) is 17.1. The summed E-state index contributed by atoms with van der Waals surface area (Å²) in [6.07, 6.45) is 3.52. The van der Waals surface area contributed by atoms with Crippen molar-refractivity contribution in [3.05, 3.63) is 105 Å². The highest BCUT2D eigenvalue weighted by Gasteiger charge is 2.21. The molecule has 2 aromatic heterocycles. The number of hydrogen-bond acceptors (Lipinski definition) is 7. The summed E-state index contributed by atoms with van der Waals surface area (Å²) in [4.78, 5) is 41.8. The maximum atomic E-state index is 13.9. The fourth-order valence-electron chi connectivity index (χ4n) is 5.06. The first-order valence-electron chi connectivity index (χ1n) is 15.4. The standard InChI is InChI=1S/C36H40N4O6/c1-26-8-5-10-31(24-26)39-28(3)32(34-16-17-38-40(34)30-14-12-29(37-4)13-15-30)25-33(36(39)43)35(42)11-7-19-45-21-23-46-22-20-44-18-6-9-27(2)41/h5,8,10,12-17,24-25H,6-7,9,11,18-23H2,1-3H3. The molecular weight excluding hydrogens is 584 g/mol. The van der Waals surface area contributed by atoms with Crippen LogP contribution in [0.2, 0.25) is 0 Å². The van der Waals surface area contributed by atoms with Crippen LogP contribution in [0.3, 0.4) is 0 Å². The van der Waals surface area contributed by atoms with E-state index in [-0.39, 0.29) is 29.1 Å². The third-order valence-electron chi connectivity index (χ3n) is 7.40. The lowest BCUT2D eigenvalue weighted by molar-refractivity contribution is -0.117. The smallest absolute Gasteiger partial charge is 0.266 e. The first kappa shape index (κ1) is 34.2. The summed E-state index contributed by atoms with van der Waals surface area (Å²) in [6.45, 7) is 15.2. The molecule has 0 aliphatic rings. The predicted molar refractivity (Wildman–Crippen MR) is 176 cm³/mol. The summed E-state index contributed by atoms with van der Waals surface area (Å²) in [7, 11) is 0. The number of aromatic nitrogens is 3. The van der Waals surface area contributed by atoms with Gasteiger partial charge in [0.25, 0.3) is 5.56 Å². The van der Waals surface area contributed by atoms with Crippen molar-refractivity contribution in [2.75, 3.05) is 39.6 Å². The lowest BCUT2D eigenvalue weighted by Crippen LogP contribution is -2.28. The Balaban J connectivity index is 1.44. The minimum atomic E-state index is -0.373. The zero-order valence-electron chi connectivity index (χ0n) is 26.7. The molecular formula is C36H40N4O6. The molecule has 4 aromatic rings. The van der Waals surface area contributed by atoms with E-state index in [2.05, 4.69) is 9.94 Å². The van der Waals surface area contributed by atoms with Crippen LogP contribution in [0.4, 0.5) is 5.69 Å². The Labute approximate surface area is 269 Å². The number of hydrogen-bond donors (Lipinski definition) is 0. The molecule has 0 fully saturated rings. The van der Waals surface area contributed by atoms with E-state index in [1.165, 1.54) is 0 Å². The van der Waals surface area contributed by atoms with Crippen molar-refractivity contribution in [1.29, 1.82) is 0 Å². The highest BCUT2D eigenvalue weighted by atomic mass is 16.5. The number of pyridine rings is 1. The monoisotopic (exact) mass is 624 g/mol. The first-order chi connectivity index (χ1) is 22.3. The van der Waals surface area contributed by atoms with E-state index in [1.54, 1.807) is 40.6 Å². The van der Waals surface area contributed by atoms with Gasteiger partial charge in [0.05, 0.1) is 56.1 Å². The van der Waals surface area contributed by atoms with Crippen molar-refractivity contribution in [3.63, 3.8) is 0 Å². The highest BCUT2D eigenvalue weighted by Crippen LogP contribution is 2.28. The Morgan fingerprint density at radius 1 is 0.826 bits per heavy atom. The average molecular weight is 625 g/mol. The lowest BCUT2D eigenvalue weighted by atomic mass is 10.0. The fourth-order valence-corrected chi connectivity index (χ4v) is 5.06. The Hall–Kier alpha value is -4.69. The van der Waals surface area contributed by atoms with Gasteiger partial charge in [-0.1, -0.05) is 24.3 Å². The van der Waals surface area contributed by atoms with Crippen LogP contribution in [0.15, 0.2) is 71.7 Å². The molecule has 0 saturated heterocycles. The Bertz CT molecular complexity index is 1730. The van der Waals surface area contributed by atoms with Gasteiger partial charge >= 0.3 is 0 Å². The molecule has 0 amide bonds. The summed E-state index contributed by atoms with van der Waals surface area (Å²) in [5.74, 6) is -0.103. The average Bonchev–Trinajstić information content (AvgIpc) is 3.53. The summed E-state index contributed by atoms with van der Waals surface area (Å²) >= 11 is 0. The molecule has 0 aliphatic carbocycles. The molecule has 10 heteroatoms. The van der Waals surface area contributed by atoms with Crippen molar-refractivity contribution in [2.24, 2.45) is 0 Å². The van der Waals surface area contributed by atoms with Crippen LogP contribution in [0.25, 0.3) is 27.5 Å². The molecule has 2 aromatic carbocycles. The van der Waals surface area contributed by atoms with Gasteiger partial charge in [0.2, 0.25) is 0 Å². The Kier molecular flexibility index (Phi) is 12.7. The molecule has 0 spiro atoms. The van der Waals surface area contributed by atoms with E-state index in [0.29, 0.717) is 87.2 Å². The topological polar surface area (TPSA) is 106 Å². The van der Waals surface area contributed by atoms with E-state index in [0.717, 1.165) is 11.3 Å². The number of carbonyl (C=O) groups excluding carboxylic acids is 2. The van der Waals surface area contributed by atoms with Crippen LogP contribution in [0, 0.1) is 20.4 Å². The Morgan fingerprint density at radius 3 is 2.11 bits per heavy atom. The lowest BCUT2D eigenvalue weighted by Gasteiger charge is -2.18. The van der Waals surface area contributed by atoms with Gasteiger partial charge in [0, 0.05) is 43.0 Å². The molecule has 0 radical (unpaired) electrons. The van der Waals surface area contributed by atoms with E-state index in [1.807, 2.05) is 56.3 Å². The van der Waals surface area contributed by atoms with E-state index < -0.39 is 0 Å². The zero-order valence-corrected chi connectivity index (χ0v) is 26.7. The van der Waals surface area contributed by atoms with Crippen molar-refractivity contribution in [1.82, 2.24) is 14.3 Å². The van der Waals surface area contributed by atoms with Crippen molar-refractivity contribution in [2.45, 2.75) is 46.5 Å². The number of ketones is 2. The molecule has 0 saturated carbocycles. The molecule has 2 heterocycles. The number of Topliss-reactive ketones (excluding diaryl/α,β-unsaturated/α-hetero) is 2. The maximum absolute atomic E-state index is 13.9. The molecule has 240 valence electrons. The Morgan fingerprint density at radius 2 is 1.48 bits per heavy atom. The number of carbonyl (C=O) groups is 2. The second-order valence-corrected chi connectivity index (χ2v) is 11.0. The van der Waals surface area contributed by atoms with Gasteiger partial charge in [0.1, 0.15) is 5.78 Å². The molecule has 4 rings (SSSR count).